The molecule has 0 fully saturated rings. The summed E-state index contributed by atoms with van der Waals surface area (Å²) >= 11 is 0. The average molecular weight is 980 g/mol. The fourth-order valence-corrected chi connectivity index (χ4v) is 8.99. The highest BCUT2D eigenvalue weighted by Gasteiger charge is 2.16. The molecule has 0 aliphatic carbocycles. The molecule has 408 valence electrons. The summed E-state index contributed by atoms with van der Waals surface area (Å²) in [5.41, 5.74) is 0. The van der Waals surface area contributed by atoms with Gasteiger partial charge in [0.05, 0.1) is 0 Å². The van der Waals surface area contributed by atoms with Crippen LogP contribution in [0.2, 0.25) is 0 Å². The minimum absolute atomic E-state index is 0.131. The Morgan fingerprint density at radius 1 is 0.314 bits per heavy atom. The van der Waals surface area contributed by atoms with Crippen LogP contribution in [0.15, 0.2) is 60.8 Å². The van der Waals surface area contributed by atoms with Gasteiger partial charge >= 0.3 is 11.9 Å². The number of esters is 2. The maximum Gasteiger partial charge on any atom is 0.305 e. The third-order valence-electron chi connectivity index (χ3n) is 13.6. The molecule has 0 aromatic heterocycles. The largest absolute Gasteiger partial charge is 0.463 e. The van der Waals surface area contributed by atoms with Crippen LogP contribution in [0, 0.1) is 0 Å². The zero-order valence-electron chi connectivity index (χ0n) is 47.0. The number of rotatable bonds is 57. The first-order chi connectivity index (χ1) is 34.6. The first kappa shape index (κ1) is 67.6. The van der Waals surface area contributed by atoms with Gasteiger partial charge in [-0.1, -0.05) is 306 Å². The van der Waals surface area contributed by atoms with Gasteiger partial charge in [0.2, 0.25) is 0 Å². The van der Waals surface area contributed by atoms with Crippen LogP contribution >= 0.6 is 0 Å². The molecule has 0 aliphatic rings. The summed E-state index contributed by atoms with van der Waals surface area (Å²) in [6.07, 6.45) is 78.6. The molecule has 0 rings (SSSR count). The van der Waals surface area contributed by atoms with Crippen LogP contribution in [0.4, 0.5) is 0 Å². The van der Waals surface area contributed by atoms with Gasteiger partial charge in [0.1, 0.15) is 19.3 Å². The van der Waals surface area contributed by atoms with Crippen LogP contribution in [-0.4, -0.2) is 37.9 Å². The van der Waals surface area contributed by atoms with Crippen LogP contribution < -0.4 is 0 Å². The van der Waals surface area contributed by atoms with E-state index in [1.54, 1.807) is 0 Å². The van der Waals surface area contributed by atoms with Crippen molar-refractivity contribution in [2.75, 3.05) is 19.8 Å². The molecular weight excluding hydrogens is 861 g/mol. The minimum Gasteiger partial charge on any atom is -0.463 e. The van der Waals surface area contributed by atoms with Gasteiger partial charge in [0.15, 0.2) is 0 Å². The Labute approximate surface area is 436 Å². The highest BCUT2D eigenvalue weighted by atomic mass is 16.6. The Balaban J connectivity index is 4.27. The van der Waals surface area contributed by atoms with Crippen molar-refractivity contribution in [3.8, 4) is 0 Å². The van der Waals surface area contributed by atoms with E-state index >= 15 is 0 Å². The predicted octanol–water partition coefficient (Wildman–Crippen LogP) is 21.2. The van der Waals surface area contributed by atoms with Crippen LogP contribution in [-0.2, 0) is 23.8 Å². The zero-order chi connectivity index (χ0) is 50.6. The molecule has 0 bridgehead atoms. The third kappa shape index (κ3) is 58.2. The van der Waals surface area contributed by atoms with Crippen molar-refractivity contribution in [2.24, 2.45) is 0 Å². The fourth-order valence-electron chi connectivity index (χ4n) is 8.99. The number of unbranched alkanes of at least 4 members (excludes halogenated alkanes) is 36. The summed E-state index contributed by atoms with van der Waals surface area (Å²) in [7, 11) is 0. The van der Waals surface area contributed by atoms with Crippen LogP contribution in [0.1, 0.15) is 316 Å². The second kappa shape index (κ2) is 60.9. The third-order valence-corrected chi connectivity index (χ3v) is 13.6. The summed E-state index contributed by atoms with van der Waals surface area (Å²) in [5, 5.41) is 0. The SMILES string of the molecule is CC/C=C\C/C=C\C/C=C\C/C=C\C/C=C\CCCC(=O)OC[C@H](COC(=O)CCCCCCCCCCCCCCCCCCCCCCC)OCCCCCCCCCCCCCCCCCC. The monoisotopic (exact) mass is 979 g/mol. The lowest BCUT2D eigenvalue weighted by atomic mass is 10.0. The summed E-state index contributed by atoms with van der Waals surface area (Å²) in [6, 6.07) is 0. The summed E-state index contributed by atoms with van der Waals surface area (Å²) in [4.78, 5) is 25.4. The number of hydrogen-bond acceptors (Lipinski definition) is 5. The van der Waals surface area contributed by atoms with E-state index < -0.39 is 6.10 Å². The maximum atomic E-state index is 12.7. The molecule has 70 heavy (non-hydrogen) atoms. The summed E-state index contributed by atoms with van der Waals surface area (Å²) in [6.45, 7) is 7.61. The first-order valence-electron chi connectivity index (χ1n) is 30.8. The molecule has 0 saturated heterocycles. The van der Waals surface area contributed by atoms with Gasteiger partial charge in [0.25, 0.3) is 0 Å². The molecule has 0 amide bonds. The molecule has 0 unspecified atom stereocenters. The van der Waals surface area contributed by atoms with E-state index in [-0.39, 0.29) is 25.2 Å². The van der Waals surface area contributed by atoms with Crippen molar-refractivity contribution < 1.29 is 23.8 Å². The Bertz CT molecular complexity index is 1200. The summed E-state index contributed by atoms with van der Waals surface area (Å²) < 4.78 is 17.5. The standard InChI is InChI=1S/C65H118O5/c1-4-7-10-13-16-19-22-25-28-31-32-33-34-36-38-41-44-47-50-53-56-59-65(67)70-62-63(68-60-57-54-51-48-45-42-39-30-27-24-21-18-15-12-9-6-3)61-69-64(66)58-55-52-49-46-43-40-37-35-29-26-23-20-17-14-11-8-5-2/h8,11,17,20,26,29,37,40,46,49,63H,4-7,9-10,12-16,18-19,21-25,27-28,30-36,38-39,41-45,47-48,50-62H2,1-3H3/b11-8-,20-17-,29-26-,40-37-,49-46-/t63-/m1/s1. The smallest absolute Gasteiger partial charge is 0.305 e. The summed E-state index contributed by atoms with van der Waals surface area (Å²) in [5.74, 6) is -0.383. The maximum absolute atomic E-state index is 12.7. The highest BCUT2D eigenvalue weighted by molar-refractivity contribution is 5.69. The minimum atomic E-state index is -0.421. The number of carbonyl (C=O) groups excluding carboxylic acids is 2. The lowest BCUT2D eigenvalue weighted by molar-refractivity contribution is -0.155. The molecule has 0 aromatic rings. The topological polar surface area (TPSA) is 61.8 Å². The van der Waals surface area contributed by atoms with Crippen molar-refractivity contribution in [2.45, 2.75) is 322 Å². The van der Waals surface area contributed by atoms with E-state index in [1.165, 1.54) is 212 Å². The Morgan fingerprint density at radius 2 is 0.586 bits per heavy atom. The number of carbonyl (C=O) groups is 2. The molecule has 5 nitrogen and oxygen atoms in total. The first-order valence-corrected chi connectivity index (χ1v) is 30.8. The molecule has 1 atom stereocenters. The molecule has 0 aliphatic heterocycles. The fraction of sp³-hybridized carbons (Fsp3) is 0.815. The molecule has 0 heterocycles. The second-order valence-electron chi connectivity index (χ2n) is 20.6. The molecule has 5 heteroatoms. The predicted molar refractivity (Wildman–Crippen MR) is 307 cm³/mol. The second-order valence-corrected chi connectivity index (χ2v) is 20.6. The van der Waals surface area contributed by atoms with Gasteiger partial charge in [-0.2, -0.15) is 0 Å². The molecule has 0 N–H and O–H groups in total. The Morgan fingerprint density at radius 3 is 0.914 bits per heavy atom. The van der Waals surface area contributed by atoms with Crippen molar-refractivity contribution >= 4 is 11.9 Å². The van der Waals surface area contributed by atoms with Gasteiger partial charge in [-0.25, -0.2) is 0 Å². The number of ether oxygens (including phenoxy) is 3. The molecule has 0 spiro atoms. The van der Waals surface area contributed by atoms with Crippen LogP contribution in [0.25, 0.3) is 0 Å². The van der Waals surface area contributed by atoms with Crippen molar-refractivity contribution in [3.63, 3.8) is 0 Å². The van der Waals surface area contributed by atoms with Crippen molar-refractivity contribution in [3.05, 3.63) is 60.8 Å². The number of allylic oxidation sites excluding steroid dienone is 10. The zero-order valence-corrected chi connectivity index (χ0v) is 47.0. The lowest BCUT2D eigenvalue weighted by Gasteiger charge is -2.18. The van der Waals surface area contributed by atoms with Crippen LogP contribution in [0.3, 0.4) is 0 Å². The Kier molecular flexibility index (Phi) is 58.8. The van der Waals surface area contributed by atoms with E-state index in [9.17, 15) is 9.59 Å². The van der Waals surface area contributed by atoms with E-state index in [0.29, 0.717) is 19.4 Å². The van der Waals surface area contributed by atoms with Crippen molar-refractivity contribution in [1.82, 2.24) is 0 Å². The van der Waals surface area contributed by atoms with Crippen LogP contribution in [0.5, 0.6) is 0 Å². The van der Waals surface area contributed by atoms with Gasteiger partial charge < -0.3 is 14.2 Å². The van der Waals surface area contributed by atoms with Gasteiger partial charge in [-0.15, -0.1) is 0 Å². The molecule has 0 aromatic carbocycles. The quantitative estimate of drug-likeness (QED) is 0.0345. The van der Waals surface area contributed by atoms with Gasteiger partial charge in [-0.05, 0) is 57.8 Å². The Hall–Kier alpha value is -2.40. The average Bonchev–Trinajstić information content (AvgIpc) is 3.36. The normalized spacial score (nSPS) is 12.6. The van der Waals surface area contributed by atoms with Crippen molar-refractivity contribution in [1.29, 1.82) is 0 Å². The van der Waals surface area contributed by atoms with E-state index in [4.69, 9.17) is 14.2 Å². The van der Waals surface area contributed by atoms with E-state index in [1.807, 2.05) is 0 Å². The molecule has 0 saturated carbocycles. The molecular formula is C65H118O5. The molecule has 0 radical (unpaired) electrons. The highest BCUT2D eigenvalue weighted by Crippen LogP contribution is 2.17. The van der Waals surface area contributed by atoms with E-state index in [0.717, 1.165) is 70.6 Å². The lowest BCUT2D eigenvalue weighted by Crippen LogP contribution is -2.29. The van der Waals surface area contributed by atoms with Gasteiger partial charge in [-0.3, -0.25) is 9.59 Å². The number of hydrogen-bond donors (Lipinski definition) is 0. The van der Waals surface area contributed by atoms with E-state index in [2.05, 4.69) is 81.5 Å². The van der Waals surface area contributed by atoms with Gasteiger partial charge in [0, 0.05) is 19.4 Å².